The molecule has 5 aliphatic carbocycles. The molecular formula is C42H61NO6. The van der Waals surface area contributed by atoms with Gasteiger partial charge in [0, 0.05) is 24.5 Å². The minimum absolute atomic E-state index is 0.0397. The van der Waals surface area contributed by atoms with Crippen molar-refractivity contribution < 1.29 is 28.9 Å². The lowest BCUT2D eigenvalue weighted by Gasteiger charge is -2.67. The summed E-state index contributed by atoms with van der Waals surface area (Å²) in [7, 11) is 1.52. The molecule has 0 aromatic heterocycles. The summed E-state index contributed by atoms with van der Waals surface area (Å²) in [6, 6.07) is 5.11. The summed E-state index contributed by atoms with van der Waals surface area (Å²) in [6.07, 6.45) is 16.9. The maximum atomic E-state index is 13.1. The average Bonchev–Trinajstić information content (AvgIpc) is 3.06. The number of aliphatic hydroxyl groups is 1. The van der Waals surface area contributed by atoms with Crippen molar-refractivity contribution in [1.82, 2.24) is 0 Å². The van der Waals surface area contributed by atoms with Gasteiger partial charge in [0.15, 0.2) is 11.5 Å². The molecule has 0 amide bonds. The molecule has 0 spiro atoms. The van der Waals surface area contributed by atoms with Crippen LogP contribution in [0.2, 0.25) is 0 Å². The summed E-state index contributed by atoms with van der Waals surface area (Å²) in [6.45, 7) is 16.9. The molecule has 4 fully saturated rings. The van der Waals surface area contributed by atoms with Crippen LogP contribution in [0.4, 0.5) is 0 Å². The third-order valence-corrected chi connectivity index (χ3v) is 13.9. The second-order valence-corrected chi connectivity index (χ2v) is 16.5. The molecule has 49 heavy (non-hydrogen) atoms. The molecular weight excluding hydrogens is 614 g/mol. The fourth-order valence-corrected chi connectivity index (χ4v) is 11.3. The van der Waals surface area contributed by atoms with E-state index in [1.807, 2.05) is 13.0 Å². The molecule has 0 heterocycles. The molecule has 10 unspecified atom stereocenters. The normalized spacial score (nSPS) is 39.4. The molecule has 0 saturated heterocycles. The van der Waals surface area contributed by atoms with Crippen molar-refractivity contribution >= 4 is 18.0 Å². The summed E-state index contributed by atoms with van der Waals surface area (Å²) in [5, 5.41) is 10.6. The molecule has 1 aromatic rings. The van der Waals surface area contributed by atoms with E-state index < -0.39 is 5.97 Å². The Labute approximate surface area is 294 Å². The highest BCUT2D eigenvalue weighted by atomic mass is 16.6. The number of allylic oxidation sites excluding steroid dienone is 3. The number of hydrogen-bond acceptors (Lipinski definition) is 7. The topological polar surface area (TPSA) is 108 Å². The number of aliphatic hydroxyl groups excluding tert-OH is 1. The molecule has 3 N–H and O–H groups in total. The number of carbonyl (C=O) groups is 2. The van der Waals surface area contributed by atoms with Crippen LogP contribution in [0.25, 0.3) is 6.08 Å². The molecule has 7 nitrogen and oxygen atoms in total. The van der Waals surface area contributed by atoms with E-state index in [0.717, 1.165) is 56.9 Å². The average molecular weight is 676 g/mol. The second-order valence-electron chi connectivity index (χ2n) is 16.5. The largest absolute Gasteiger partial charge is 0.493 e. The first-order chi connectivity index (χ1) is 23.2. The van der Waals surface area contributed by atoms with Crippen LogP contribution >= 0.6 is 0 Å². The van der Waals surface area contributed by atoms with E-state index in [9.17, 15) is 14.7 Å². The third kappa shape index (κ3) is 6.91. The number of methoxy groups -OCH3 is 1. The van der Waals surface area contributed by atoms with E-state index in [2.05, 4.69) is 40.3 Å². The predicted octanol–water partition coefficient (Wildman–Crippen LogP) is 8.30. The highest BCUT2D eigenvalue weighted by Crippen LogP contribution is 2.70. The van der Waals surface area contributed by atoms with Crippen molar-refractivity contribution in [3.05, 3.63) is 54.1 Å². The van der Waals surface area contributed by atoms with Crippen LogP contribution < -0.4 is 15.2 Å². The fraction of sp³-hybridized carbons (Fsp3) is 0.667. The molecule has 0 aliphatic heterocycles. The van der Waals surface area contributed by atoms with Gasteiger partial charge < -0.3 is 25.1 Å². The first-order valence-corrected chi connectivity index (χ1v) is 18.7. The number of fused-ring (bicyclic) bond motifs is 7. The van der Waals surface area contributed by atoms with Crippen molar-refractivity contribution in [2.75, 3.05) is 13.7 Å². The van der Waals surface area contributed by atoms with Gasteiger partial charge in [0.1, 0.15) is 0 Å². The van der Waals surface area contributed by atoms with Gasteiger partial charge in [-0.1, -0.05) is 51.5 Å². The minimum Gasteiger partial charge on any atom is -0.493 e. The summed E-state index contributed by atoms with van der Waals surface area (Å²) in [5.74, 6) is 3.08. The van der Waals surface area contributed by atoms with Crippen molar-refractivity contribution in [2.24, 2.45) is 57.5 Å². The highest BCUT2D eigenvalue weighted by Gasteiger charge is 2.63. The summed E-state index contributed by atoms with van der Waals surface area (Å²) < 4.78 is 16.7. The molecule has 0 bridgehead atoms. The van der Waals surface area contributed by atoms with Crippen LogP contribution in [0.5, 0.6) is 11.5 Å². The smallest absolute Gasteiger partial charge is 0.330 e. The number of rotatable bonds is 6. The van der Waals surface area contributed by atoms with Crippen LogP contribution in [0.1, 0.15) is 105 Å². The van der Waals surface area contributed by atoms with Gasteiger partial charge >= 0.3 is 11.9 Å². The van der Waals surface area contributed by atoms with Crippen LogP contribution in [0.15, 0.2) is 48.6 Å². The lowest BCUT2D eigenvalue weighted by Crippen LogP contribution is -2.63. The first kappa shape index (κ1) is 37.4. The molecule has 7 heteroatoms. The molecule has 270 valence electrons. The Morgan fingerprint density at radius 2 is 1.73 bits per heavy atom. The Morgan fingerprint density at radius 3 is 2.43 bits per heavy atom. The van der Waals surface area contributed by atoms with Gasteiger partial charge in [-0.05, 0) is 135 Å². The zero-order chi connectivity index (χ0) is 35.7. The highest BCUT2D eigenvalue weighted by molar-refractivity contribution is 5.87. The maximum Gasteiger partial charge on any atom is 0.330 e. The Balaban J connectivity index is 0.00000151. The minimum atomic E-state index is -0.434. The standard InChI is InChI=1S/C39H55NO6.C3H6/c1-23-13-19-39(22-45-34(43)12-8-26-7-10-31(44-6)32(21-26)46-25(3)41)20-15-28-27(35(39)24(23)2)9-11-33-37(28,4)17-14-29-36(40)30(42)16-18-38(29,33)5;1-3-2/h7-10,12,21,23-24,28-30,33,35-36,42H,11,13-20,22,40H2,1-6H3;3H,1H2,2H3/b12-8+;/t23-,24?,28?,29?,30?,33?,35?,36?,37?,38?,39?;/m1./s1. The fourth-order valence-electron chi connectivity index (χ4n) is 11.3. The van der Waals surface area contributed by atoms with E-state index in [1.165, 1.54) is 26.5 Å². The zero-order valence-corrected chi connectivity index (χ0v) is 31.0. The van der Waals surface area contributed by atoms with Crippen LogP contribution in [0.3, 0.4) is 0 Å². The van der Waals surface area contributed by atoms with Gasteiger partial charge in [0.25, 0.3) is 0 Å². The lowest BCUT2D eigenvalue weighted by atomic mass is 9.38. The Bertz CT molecular complexity index is 1450. The van der Waals surface area contributed by atoms with Crippen LogP contribution in [-0.2, 0) is 14.3 Å². The lowest BCUT2D eigenvalue weighted by molar-refractivity contribution is -0.157. The predicted molar refractivity (Wildman–Crippen MR) is 195 cm³/mol. The number of benzene rings is 1. The van der Waals surface area contributed by atoms with Gasteiger partial charge in [0.2, 0.25) is 0 Å². The quantitative estimate of drug-likeness (QED) is 0.135. The van der Waals surface area contributed by atoms with Crippen molar-refractivity contribution in [1.29, 1.82) is 0 Å². The van der Waals surface area contributed by atoms with Crippen LogP contribution in [0, 0.1) is 51.8 Å². The summed E-state index contributed by atoms with van der Waals surface area (Å²) >= 11 is 0. The molecule has 4 saturated carbocycles. The molecule has 11 atom stereocenters. The Hall–Kier alpha value is -2.90. The number of esters is 2. The van der Waals surface area contributed by atoms with Gasteiger partial charge in [-0.25, -0.2) is 4.79 Å². The van der Waals surface area contributed by atoms with Gasteiger partial charge in [-0.15, -0.1) is 6.58 Å². The maximum absolute atomic E-state index is 13.1. The zero-order valence-electron chi connectivity index (χ0n) is 31.0. The van der Waals surface area contributed by atoms with E-state index in [4.69, 9.17) is 19.9 Å². The third-order valence-electron chi connectivity index (χ3n) is 13.9. The van der Waals surface area contributed by atoms with Crippen molar-refractivity contribution in [3.8, 4) is 11.5 Å². The second kappa shape index (κ2) is 14.8. The van der Waals surface area contributed by atoms with Crippen LogP contribution in [-0.4, -0.2) is 42.9 Å². The first-order valence-electron chi connectivity index (χ1n) is 18.7. The van der Waals surface area contributed by atoms with E-state index in [1.54, 1.807) is 29.9 Å². The van der Waals surface area contributed by atoms with Gasteiger partial charge in [0.05, 0.1) is 19.8 Å². The van der Waals surface area contributed by atoms with Gasteiger partial charge in [-0.3, -0.25) is 4.79 Å². The number of carbonyl (C=O) groups excluding carboxylic acids is 2. The SMILES string of the molecule is C=CC.COc1ccc(/C=C/C(=O)OCC23CCC4C(=CCC5C4(C)CCC4C(N)C(O)CCC45C)C2C(C)[C@H](C)CC3)cc1OC(C)=O. The number of nitrogens with two attached hydrogens (primary N) is 1. The van der Waals surface area contributed by atoms with Gasteiger partial charge in [-0.2, -0.15) is 0 Å². The van der Waals surface area contributed by atoms with E-state index in [0.29, 0.717) is 53.6 Å². The number of ether oxygens (including phenoxy) is 3. The van der Waals surface area contributed by atoms with E-state index >= 15 is 0 Å². The van der Waals surface area contributed by atoms with E-state index in [-0.39, 0.29) is 34.4 Å². The summed E-state index contributed by atoms with van der Waals surface area (Å²) in [5.41, 5.74) is 9.39. The summed E-state index contributed by atoms with van der Waals surface area (Å²) in [4.78, 5) is 24.7. The number of hydrogen-bond donors (Lipinski definition) is 2. The molecule has 0 radical (unpaired) electrons. The van der Waals surface area contributed by atoms with Crippen molar-refractivity contribution in [3.63, 3.8) is 0 Å². The molecule has 5 aliphatic rings. The van der Waals surface area contributed by atoms with Crippen molar-refractivity contribution in [2.45, 2.75) is 111 Å². The Morgan fingerprint density at radius 1 is 1.04 bits per heavy atom. The molecule has 6 rings (SSSR count). The monoisotopic (exact) mass is 675 g/mol. The molecule has 1 aromatic carbocycles. The Kier molecular flexibility index (Phi) is 11.2.